The first kappa shape index (κ1) is 15.3. The highest BCUT2D eigenvalue weighted by atomic mass is 19.4. The van der Waals surface area contributed by atoms with Gasteiger partial charge in [-0.1, -0.05) is 6.07 Å². The minimum atomic E-state index is -4.48. The zero-order chi connectivity index (χ0) is 14.5. The highest BCUT2D eigenvalue weighted by molar-refractivity contribution is 5.69. The number of halogens is 3. The van der Waals surface area contributed by atoms with Crippen molar-refractivity contribution >= 4 is 5.97 Å². The van der Waals surface area contributed by atoms with E-state index in [0.29, 0.717) is 5.56 Å². The molecule has 0 N–H and O–H groups in total. The van der Waals surface area contributed by atoms with Crippen molar-refractivity contribution in [3.8, 4) is 5.75 Å². The van der Waals surface area contributed by atoms with Crippen molar-refractivity contribution < 1.29 is 27.4 Å². The number of esters is 1. The van der Waals surface area contributed by atoms with Crippen molar-refractivity contribution in [3.05, 3.63) is 29.3 Å². The zero-order valence-corrected chi connectivity index (χ0v) is 10.7. The molecule has 1 aromatic carbocycles. The summed E-state index contributed by atoms with van der Waals surface area (Å²) in [5, 5.41) is 0. The van der Waals surface area contributed by atoms with Crippen LogP contribution in [0.1, 0.15) is 24.5 Å². The van der Waals surface area contributed by atoms with Crippen molar-refractivity contribution in [1.82, 2.24) is 0 Å². The van der Waals surface area contributed by atoms with Gasteiger partial charge in [0, 0.05) is 6.42 Å². The van der Waals surface area contributed by atoms with E-state index in [2.05, 4.69) is 4.74 Å². The van der Waals surface area contributed by atoms with E-state index in [-0.39, 0.29) is 25.2 Å². The number of alkyl halides is 3. The molecule has 1 aromatic rings. The highest BCUT2D eigenvalue weighted by Crippen LogP contribution is 2.36. The number of methoxy groups -OCH3 is 1. The Morgan fingerprint density at radius 3 is 2.53 bits per heavy atom. The van der Waals surface area contributed by atoms with Crippen molar-refractivity contribution in [2.75, 3.05) is 13.7 Å². The van der Waals surface area contributed by atoms with Crippen LogP contribution in [0.15, 0.2) is 18.2 Å². The van der Waals surface area contributed by atoms with Crippen LogP contribution in [-0.4, -0.2) is 19.7 Å². The Hall–Kier alpha value is -1.72. The van der Waals surface area contributed by atoms with Crippen LogP contribution in [-0.2, 0) is 22.1 Å². The van der Waals surface area contributed by atoms with E-state index >= 15 is 0 Å². The van der Waals surface area contributed by atoms with Crippen molar-refractivity contribution in [2.45, 2.75) is 25.9 Å². The number of aryl methyl sites for hydroxylation is 1. The summed E-state index contributed by atoms with van der Waals surface area (Å²) in [5.41, 5.74) is -0.419. The lowest BCUT2D eigenvalue weighted by molar-refractivity contribution is -0.143. The first-order chi connectivity index (χ1) is 8.88. The highest BCUT2D eigenvalue weighted by Gasteiger charge is 2.34. The minimum Gasteiger partial charge on any atom is -0.496 e. The molecular formula is C13H15F3O3. The Kier molecular flexibility index (Phi) is 5.20. The van der Waals surface area contributed by atoms with E-state index < -0.39 is 17.7 Å². The molecule has 0 unspecified atom stereocenters. The second-order valence-electron chi connectivity index (χ2n) is 3.84. The number of hydrogen-bond donors (Lipinski definition) is 0. The third-order valence-corrected chi connectivity index (χ3v) is 2.49. The molecular weight excluding hydrogens is 261 g/mol. The average Bonchev–Trinajstić information content (AvgIpc) is 2.35. The number of rotatable bonds is 5. The molecule has 1 rings (SSSR count). The summed E-state index contributed by atoms with van der Waals surface area (Å²) in [6, 6.07) is 3.76. The second kappa shape index (κ2) is 6.45. The molecule has 106 valence electrons. The van der Waals surface area contributed by atoms with Gasteiger partial charge in [-0.25, -0.2) is 0 Å². The Morgan fingerprint density at radius 1 is 1.32 bits per heavy atom. The lowest BCUT2D eigenvalue weighted by atomic mass is 10.1. The molecule has 0 spiro atoms. The van der Waals surface area contributed by atoms with Crippen molar-refractivity contribution in [2.24, 2.45) is 0 Å². The Morgan fingerprint density at radius 2 is 2.00 bits per heavy atom. The van der Waals surface area contributed by atoms with Crippen LogP contribution in [0.3, 0.4) is 0 Å². The molecule has 0 amide bonds. The first-order valence-electron chi connectivity index (χ1n) is 5.78. The Bertz CT molecular complexity index is 441. The van der Waals surface area contributed by atoms with Crippen LogP contribution >= 0.6 is 0 Å². The summed E-state index contributed by atoms with van der Waals surface area (Å²) in [7, 11) is 1.18. The van der Waals surface area contributed by atoms with Gasteiger partial charge in [-0.05, 0) is 31.0 Å². The molecule has 0 saturated heterocycles. The van der Waals surface area contributed by atoms with Gasteiger partial charge in [0.15, 0.2) is 0 Å². The predicted octanol–water partition coefficient (Wildman–Crippen LogP) is 3.21. The van der Waals surface area contributed by atoms with Gasteiger partial charge in [0.25, 0.3) is 0 Å². The molecule has 0 aliphatic carbocycles. The maximum absolute atomic E-state index is 12.8. The van der Waals surface area contributed by atoms with Gasteiger partial charge in [-0.15, -0.1) is 0 Å². The third kappa shape index (κ3) is 4.46. The smallest absolute Gasteiger partial charge is 0.419 e. The standard InChI is InChI=1S/C13H15F3O3/c1-3-19-12(17)7-5-9-4-6-11(18-2)10(8-9)13(14,15)16/h4,6,8H,3,5,7H2,1-2H3. The second-order valence-corrected chi connectivity index (χ2v) is 3.84. The van der Waals surface area contributed by atoms with E-state index in [1.54, 1.807) is 6.92 Å². The maximum Gasteiger partial charge on any atom is 0.419 e. The molecule has 0 radical (unpaired) electrons. The summed E-state index contributed by atoms with van der Waals surface area (Å²) in [6.07, 6.45) is -4.23. The maximum atomic E-state index is 12.8. The van der Waals surface area contributed by atoms with Gasteiger partial charge < -0.3 is 9.47 Å². The molecule has 0 heterocycles. The van der Waals surface area contributed by atoms with Gasteiger partial charge in [-0.2, -0.15) is 13.2 Å². The predicted molar refractivity (Wildman–Crippen MR) is 63.0 cm³/mol. The quantitative estimate of drug-likeness (QED) is 0.775. The van der Waals surface area contributed by atoms with Crippen molar-refractivity contribution in [3.63, 3.8) is 0 Å². The Balaban J connectivity index is 2.84. The average molecular weight is 276 g/mol. The van der Waals surface area contributed by atoms with Crippen LogP contribution < -0.4 is 4.74 Å². The SMILES string of the molecule is CCOC(=O)CCc1ccc(OC)c(C(F)(F)F)c1. The molecule has 6 heteroatoms. The monoisotopic (exact) mass is 276 g/mol. The van der Waals surface area contributed by atoms with Gasteiger partial charge in [-0.3, -0.25) is 4.79 Å². The van der Waals surface area contributed by atoms with Gasteiger partial charge in [0.05, 0.1) is 19.3 Å². The molecule has 0 aliphatic heterocycles. The van der Waals surface area contributed by atoms with Crippen LogP contribution in [0.25, 0.3) is 0 Å². The Labute approximate surface area is 109 Å². The number of carbonyl (C=O) groups excluding carboxylic acids is 1. The first-order valence-corrected chi connectivity index (χ1v) is 5.78. The fraction of sp³-hybridized carbons (Fsp3) is 0.462. The molecule has 0 saturated carbocycles. The van der Waals surface area contributed by atoms with Crippen LogP contribution in [0.2, 0.25) is 0 Å². The van der Waals surface area contributed by atoms with Crippen molar-refractivity contribution in [1.29, 1.82) is 0 Å². The summed E-state index contributed by atoms with van der Waals surface area (Å²) in [4.78, 5) is 11.2. The van der Waals surface area contributed by atoms with Crippen LogP contribution in [0, 0.1) is 0 Å². The number of ether oxygens (including phenoxy) is 2. The van der Waals surface area contributed by atoms with E-state index in [9.17, 15) is 18.0 Å². The molecule has 0 atom stereocenters. The largest absolute Gasteiger partial charge is 0.496 e. The number of carbonyl (C=O) groups is 1. The molecule has 19 heavy (non-hydrogen) atoms. The van der Waals surface area contributed by atoms with Crippen LogP contribution in [0.4, 0.5) is 13.2 Å². The lowest BCUT2D eigenvalue weighted by Gasteiger charge is -2.13. The van der Waals surface area contributed by atoms with E-state index in [1.165, 1.54) is 19.2 Å². The van der Waals surface area contributed by atoms with Gasteiger partial charge in [0.1, 0.15) is 5.75 Å². The molecule has 0 fully saturated rings. The summed E-state index contributed by atoms with van der Waals surface area (Å²) in [6.45, 7) is 1.93. The van der Waals surface area contributed by atoms with E-state index in [0.717, 1.165) is 6.07 Å². The molecule has 0 aromatic heterocycles. The van der Waals surface area contributed by atoms with Gasteiger partial charge in [0.2, 0.25) is 0 Å². The summed E-state index contributed by atoms with van der Waals surface area (Å²) >= 11 is 0. The molecule has 0 aliphatic rings. The van der Waals surface area contributed by atoms with Gasteiger partial charge >= 0.3 is 12.1 Å². The minimum absolute atomic E-state index is 0.0530. The summed E-state index contributed by atoms with van der Waals surface area (Å²) in [5.74, 6) is -0.653. The normalized spacial score (nSPS) is 11.2. The van der Waals surface area contributed by atoms with E-state index in [1.807, 2.05) is 0 Å². The molecule has 0 bridgehead atoms. The third-order valence-electron chi connectivity index (χ3n) is 2.49. The summed E-state index contributed by atoms with van der Waals surface area (Å²) < 4.78 is 47.7. The topological polar surface area (TPSA) is 35.5 Å². The van der Waals surface area contributed by atoms with E-state index in [4.69, 9.17) is 4.74 Å². The number of benzene rings is 1. The lowest BCUT2D eigenvalue weighted by Crippen LogP contribution is -2.09. The molecule has 3 nitrogen and oxygen atoms in total. The zero-order valence-electron chi connectivity index (χ0n) is 10.7. The number of hydrogen-bond acceptors (Lipinski definition) is 3. The fourth-order valence-corrected chi connectivity index (χ4v) is 1.61. The van der Waals surface area contributed by atoms with Crippen LogP contribution in [0.5, 0.6) is 5.75 Å². The fourth-order valence-electron chi connectivity index (χ4n) is 1.61.